The molecule has 0 saturated heterocycles. The fraction of sp³-hybridized carbons (Fsp3) is 0. The number of hydrogen-bond acceptors (Lipinski definition) is 5. The average molecular weight is 616 g/mol. The van der Waals surface area contributed by atoms with Crippen LogP contribution in [-0.2, 0) is 0 Å². The van der Waals surface area contributed by atoms with Crippen LogP contribution in [0.5, 0.6) is 0 Å². The number of para-hydroxylation sites is 2. The second-order valence-corrected chi connectivity index (χ2v) is 12.0. The molecule has 0 saturated carbocycles. The number of benzene rings is 7. The van der Waals surface area contributed by atoms with Gasteiger partial charge in [-0.2, -0.15) is 0 Å². The van der Waals surface area contributed by atoms with Crippen molar-refractivity contribution in [2.24, 2.45) is 0 Å². The van der Waals surface area contributed by atoms with Gasteiger partial charge in [0.05, 0.1) is 0 Å². The van der Waals surface area contributed by atoms with Crippen LogP contribution in [0.2, 0.25) is 0 Å². The Labute approximate surface area is 274 Å². The van der Waals surface area contributed by atoms with Crippen LogP contribution in [0.3, 0.4) is 0 Å². The fourth-order valence-electron chi connectivity index (χ4n) is 6.87. The smallest absolute Gasteiger partial charge is 0.164 e. The number of fused-ring (bicyclic) bond motifs is 7. The van der Waals surface area contributed by atoms with Gasteiger partial charge in [0.15, 0.2) is 17.5 Å². The van der Waals surface area contributed by atoms with Crippen LogP contribution in [0.15, 0.2) is 160 Å². The molecule has 0 radical (unpaired) electrons. The Morgan fingerprint density at radius 3 is 1.56 bits per heavy atom. The topological polar surface area (TPSA) is 65.0 Å². The first-order valence-electron chi connectivity index (χ1n) is 15.9. The van der Waals surface area contributed by atoms with Crippen molar-refractivity contribution in [1.82, 2.24) is 15.0 Å². The summed E-state index contributed by atoms with van der Waals surface area (Å²) in [4.78, 5) is 15.2. The summed E-state index contributed by atoms with van der Waals surface area (Å²) >= 11 is 0. The molecule has 0 fully saturated rings. The highest BCUT2D eigenvalue weighted by atomic mass is 16.3. The highest BCUT2D eigenvalue weighted by Crippen LogP contribution is 2.39. The molecule has 3 aromatic heterocycles. The summed E-state index contributed by atoms with van der Waals surface area (Å²) in [5.41, 5.74) is 8.41. The summed E-state index contributed by atoms with van der Waals surface area (Å²) < 4.78 is 12.4. The third-order valence-electron chi connectivity index (χ3n) is 9.12. The van der Waals surface area contributed by atoms with Gasteiger partial charge in [0.2, 0.25) is 0 Å². The molecule has 10 rings (SSSR count). The summed E-state index contributed by atoms with van der Waals surface area (Å²) in [7, 11) is 0. The summed E-state index contributed by atoms with van der Waals surface area (Å²) in [5, 5.41) is 6.50. The third kappa shape index (κ3) is 4.22. The van der Waals surface area contributed by atoms with E-state index in [-0.39, 0.29) is 0 Å². The van der Waals surface area contributed by atoms with Crippen molar-refractivity contribution in [2.75, 3.05) is 0 Å². The normalized spacial score (nSPS) is 11.8. The maximum Gasteiger partial charge on any atom is 0.164 e. The largest absolute Gasteiger partial charge is 0.456 e. The number of aromatic nitrogens is 3. The Kier molecular flexibility index (Phi) is 5.81. The zero-order valence-corrected chi connectivity index (χ0v) is 25.6. The van der Waals surface area contributed by atoms with Gasteiger partial charge in [-0.1, -0.05) is 115 Å². The molecule has 7 aromatic carbocycles. The van der Waals surface area contributed by atoms with E-state index in [1.165, 1.54) is 0 Å². The van der Waals surface area contributed by atoms with Crippen LogP contribution in [-0.4, -0.2) is 15.0 Å². The van der Waals surface area contributed by atoms with Gasteiger partial charge in [0, 0.05) is 38.2 Å². The minimum absolute atomic E-state index is 0.600. The molecule has 0 atom stereocenters. The molecule has 5 heteroatoms. The monoisotopic (exact) mass is 615 g/mol. The van der Waals surface area contributed by atoms with Gasteiger partial charge in [-0.05, 0) is 58.3 Å². The molecule has 0 aliphatic carbocycles. The Balaban J connectivity index is 1.16. The molecule has 0 spiro atoms. The van der Waals surface area contributed by atoms with E-state index in [4.69, 9.17) is 23.8 Å². The zero-order chi connectivity index (χ0) is 31.6. The first kappa shape index (κ1) is 26.6. The van der Waals surface area contributed by atoms with Gasteiger partial charge >= 0.3 is 0 Å². The third-order valence-corrected chi connectivity index (χ3v) is 9.12. The second-order valence-electron chi connectivity index (χ2n) is 12.0. The van der Waals surface area contributed by atoms with E-state index in [0.29, 0.717) is 17.5 Å². The van der Waals surface area contributed by atoms with Crippen molar-refractivity contribution in [3.8, 4) is 45.3 Å². The predicted octanol–water partition coefficient (Wildman–Crippen LogP) is 11.5. The van der Waals surface area contributed by atoms with Crippen LogP contribution >= 0.6 is 0 Å². The maximum atomic E-state index is 6.21. The van der Waals surface area contributed by atoms with E-state index < -0.39 is 0 Å². The van der Waals surface area contributed by atoms with E-state index in [1.807, 2.05) is 78.9 Å². The van der Waals surface area contributed by atoms with E-state index in [9.17, 15) is 0 Å². The maximum absolute atomic E-state index is 6.21. The van der Waals surface area contributed by atoms with Gasteiger partial charge < -0.3 is 8.83 Å². The van der Waals surface area contributed by atoms with Crippen molar-refractivity contribution in [1.29, 1.82) is 0 Å². The van der Waals surface area contributed by atoms with Gasteiger partial charge in [0.1, 0.15) is 22.3 Å². The lowest BCUT2D eigenvalue weighted by Gasteiger charge is -2.10. The van der Waals surface area contributed by atoms with Gasteiger partial charge in [0.25, 0.3) is 0 Å². The molecular formula is C43H25N3O2. The first-order valence-corrected chi connectivity index (χ1v) is 15.9. The number of rotatable bonds is 4. The molecule has 10 aromatic rings. The molecule has 3 heterocycles. The Hall–Kier alpha value is -6.59. The predicted molar refractivity (Wildman–Crippen MR) is 194 cm³/mol. The highest BCUT2D eigenvalue weighted by molar-refractivity contribution is 6.13. The summed E-state index contributed by atoms with van der Waals surface area (Å²) in [5.74, 6) is 1.83. The van der Waals surface area contributed by atoms with E-state index in [1.54, 1.807) is 0 Å². The second kappa shape index (κ2) is 10.5. The van der Waals surface area contributed by atoms with Crippen molar-refractivity contribution in [3.63, 3.8) is 0 Å². The van der Waals surface area contributed by atoms with Crippen LogP contribution in [0, 0.1) is 0 Å². The first-order chi connectivity index (χ1) is 23.8. The van der Waals surface area contributed by atoms with E-state index >= 15 is 0 Å². The van der Waals surface area contributed by atoms with Crippen molar-refractivity contribution in [3.05, 3.63) is 152 Å². The quantitative estimate of drug-likeness (QED) is 0.197. The molecule has 5 nitrogen and oxygen atoms in total. The van der Waals surface area contributed by atoms with Crippen molar-refractivity contribution >= 4 is 54.6 Å². The standard InChI is InChI=1S/C43H25N3O2/c1-2-10-27(11-3-1)41-44-42(46-43(45-41)34-15-9-19-38-40(34)33-13-5-7-17-36(33)48-38)29-23-21-26-20-22-28(24-30(26)25-29)31-14-8-18-37-39(31)32-12-4-6-16-35(32)47-37/h1-25H. The molecule has 0 N–H and O–H groups in total. The Morgan fingerprint density at radius 1 is 0.333 bits per heavy atom. The Morgan fingerprint density at radius 2 is 0.854 bits per heavy atom. The number of nitrogens with zero attached hydrogens (tertiary/aromatic N) is 3. The van der Waals surface area contributed by atoms with Gasteiger partial charge in [-0.15, -0.1) is 0 Å². The SMILES string of the molecule is c1ccc(-c2nc(-c3ccc4ccc(-c5cccc6oc7ccccc7c56)cc4c3)nc(-c3cccc4oc5ccccc5c34)n2)cc1. The molecule has 0 aliphatic rings. The summed E-state index contributed by atoms with van der Waals surface area (Å²) in [6.07, 6.45) is 0. The molecule has 224 valence electrons. The lowest BCUT2D eigenvalue weighted by molar-refractivity contribution is 0.668. The molecule has 0 unspecified atom stereocenters. The minimum Gasteiger partial charge on any atom is -0.456 e. The minimum atomic E-state index is 0.600. The van der Waals surface area contributed by atoms with Crippen LogP contribution in [0.1, 0.15) is 0 Å². The van der Waals surface area contributed by atoms with Crippen molar-refractivity contribution in [2.45, 2.75) is 0 Å². The molecule has 48 heavy (non-hydrogen) atoms. The molecular weight excluding hydrogens is 590 g/mol. The van der Waals surface area contributed by atoms with Gasteiger partial charge in [-0.3, -0.25) is 0 Å². The van der Waals surface area contributed by atoms with E-state index in [2.05, 4.69) is 72.8 Å². The van der Waals surface area contributed by atoms with Crippen LogP contribution < -0.4 is 0 Å². The van der Waals surface area contributed by atoms with E-state index in [0.717, 1.165) is 82.5 Å². The fourth-order valence-corrected chi connectivity index (χ4v) is 6.87. The summed E-state index contributed by atoms with van der Waals surface area (Å²) in [6.45, 7) is 0. The van der Waals surface area contributed by atoms with Crippen LogP contribution in [0.4, 0.5) is 0 Å². The lowest BCUT2D eigenvalue weighted by Crippen LogP contribution is -2.00. The molecule has 0 bridgehead atoms. The number of furan rings is 2. The molecule has 0 aliphatic heterocycles. The lowest BCUT2D eigenvalue weighted by atomic mass is 9.96. The highest BCUT2D eigenvalue weighted by Gasteiger charge is 2.18. The average Bonchev–Trinajstić information content (AvgIpc) is 3.73. The molecule has 0 amide bonds. The Bertz CT molecular complexity index is 2850. The van der Waals surface area contributed by atoms with Gasteiger partial charge in [-0.25, -0.2) is 15.0 Å². The van der Waals surface area contributed by atoms with Crippen molar-refractivity contribution < 1.29 is 8.83 Å². The number of hydrogen-bond donors (Lipinski definition) is 0. The van der Waals surface area contributed by atoms with Crippen LogP contribution in [0.25, 0.3) is 99.9 Å². The summed E-state index contributed by atoms with van der Waals surface area (Å²) in [6, 6.07) is 51.7. The zero-order valence-electron chi connectivity index (χ0n) is 25.6.